The number of rotatable bonds is 4. The first-order chi connectivity index (χ1) is 23.8. The highest BCUT2D eigenvalue weighted by molar-refractivity contribution is 6.25. The number of hydrogen-bond acceptors (Lipinski definition) is 2. The number of para-hydroxylation sites is 2. The van der Waals surface area contributed by atoms with Gasteiger partial charge in [-0.15, -0.1) is 0 Å². The van der Waals surface area contributed by atoms with Crippen LogP contribution in [0.5, 0.6) is 0 Å². The van der Waals surface area contributed by atoms with E-state index in [1.54, 1.807) is 0 Å². The first-order valence-corrected chi connectivity index (χ1v) is 16.3. The summed E-state index contributed by atoms with van der Waals surface area (Å²) in [6.07, 6.45) is 0. The van der Waals surface area contributed by atoms with Gasteiger partial charge in [0, 0.05) is 38.4 Å². The molecule has 3 heterocycles. The lowest BCUT2D eigenvalue weighted by Gasteiger charge is -2.10. The Bertz CT molecular complexity index is 2810. The molecule has 0 amide bonds. The number of aromatic nitrogens is 2. The molecule has 0 fully saturated rings. The van der Waals surface area contributed by atoms with Crippen molar-refractivity contribution >= 4 is 54.5 Å². The molecule has 0 aliphatic rings. The Labute approximate surface area is 277 Å². The number of nitrogens with zero attached hydrogens (tertiary/aromatic N) is 2. The summed E-state index contributed by atoms with van der Waals surface area (Å²) in [6.45, 7) is 0. The average molecular weight is 613 g/mol. The Morgan fingerprint density at radius 1 is 0.438 bits per heavy atom. The standard InChI is InChI=1S/C45H28N2O/c1-3-12-29(13-4-1)30-22-24-33(25-23-30)47-40-21-10-9-18-37(40)42-41(47)27-26-36-35-19-11-20-38(44(35)48-45(36)42)43-34-17-8-7-16-32(34)28-39(46-43)31-14-5-2-6-15-31/h1-28H. The van der Waals surface area contributed by atoms with Gasteiger partial charge in [0.05, 0.1) is 27.8 Å². The van der Waals surface area contributed by atoms with E-state index >= 15 is 0 Å². The van der Waals surface area contributed by atoms with Crippen molar-refractivity contribution in [2.45, 2.75) is 0 Å². The number of furan rings is 1. The van der Waals surface area contributed by atoms with Gasteiger partial charge in [-0.1, -0.05) is 127 Å². The van der Waals surface area contributed by atoms with Gasteiger partial charge < -0.3 is 8.98 Å². The average Bonchev–Trinajstić information content (AvgIpc) is 3.71. The van der Waals surface area contributed by atoms with Crippen LogP contribution in [0.3, 0.4) is 0 Å². The topological polar surface area (TPSA) is 31.0 Å². The second-order valence-electron chi connectivity index (χ2n) is 12.3. The summed E-state index contributed by atoms with van der Waals surface area (Å²) < 4.78 is 9.38. The molecule has 3 aromatic heterocycles. The Morgan fingerprint density at radius 2 is 1.08 bits per heavy atom. The molecular formula is C45H28N2O. The van der Waals surface area contributed by atoms with E-state index < -0.39 is 0 Å². The molecule has 0 saturated heterocycles. The van der Waals surface area contributed by atoms with Crippen molar-refractivity contribution in [3.05, 3.63) is 170 Å². The summed E-state index contributed by atoms with van der Waals surface area (Å²) in [5.74, 6) is 0. The largest absolute Gasteiger partial charge is 0.455 e. The third kappa shape index (κ3) is 4.04. The van der Waals surface area contributed by atoms with Crippen LogP contribution in [0, 0.1) is 0 Å². The maximum Gasteiger partial charge on any atom is 0.145 e. The Balaban J connectivity index is 1.22. The minimum absolute atomic E-state index is 0.854. The quantitative estimate of drug-likeness (QED) is 0.198. The van der Waals surface area contributed by atoms with Gasteiger partial charge >= 0.3 is 0 Å². The van der Waals surface area contributed by atoms with Gasteiger partial charge in [0.2, 0.25) is 0 Å². The second-order valence-corrected chi connectivity index (χ2v) is 12.3. The van der Waals surface area contributed by atoms with E-state index in [9.17, 15) is 0 Å². The van der Waals surface area contributed by atoms with Gasteiger partial charge in [-0.3, -0.25) is 0 Å². The van der Waals surface area contributed by atoms with Gasteiger partial charge in [0.25, 0.3) is 0 Å². The molecule has 48 heavy (non-hydrogen) atoms. The molecule has 0 saturated carbocycles. The molecule has 224 valence electrons. The molecule has 0 bridgehead atoms. The summed E-state index contributed by atoms with van der Waals surface area (Å²) in [7, 11) is 0. The highest BCUT2D eigenvalue weighted by Crippen LogP contribution is 2.44. The number of benzene rings is 7. The summed E-state index contributed by atoms with van der Waals surface area (Å²) in [4.78, 5) is 5.28. The fourth-order valence-electron chi connectivity index (χ4n) is 7.37. The SMILES string of the molecule is c1ccc(-c2ccc(-n3c4ccccc4c4c5oc6c(-c7nc(-c8ccccc8)cc8ccccc78)cccc6c5ccc43)cc2)cc1. The van der Waals surface area contributed by atoms with E-state index in [0.29, 0.717) is 0 Å². The maximum atomic E-state index is 7.03. The fraction of sp³-hybridized carbons (Fsp3) is 0. The summed E-state index contributed by atoms with van der Waals surface area (Å²) in [5, 5.41) is 6.73. The summed E-state index contributed by atoms with van der Waals surface area (Å²) in [5.41, 5.74) is 11.5. The van der Waals surface area contributed by atoms with Crippen molar-refractivity contribution in [3.63, 3.8) is 0 Å². The second kappa shape index (κ2) is 10.5. The lowest BCUT2D eigenvalue weighted by molar-refractivity contribution is 0.674. The number of pyridine rings is 1. The highest BCUT2D eigenvalue weighted by atomic mass is 16.3. The third-order valence-electron chi connectivity index (χ3n) is 9.60. The Hall–Kier alpha value is -6.45. The van der Waals surface area contributed by atoms with Crippen LogP contribution in [0.4, 0.5) is 0 Å². The minimum Gasteiger partial charge on any atom is -0.455 e. The normalized spacial score (nSPS) is 11.8. The predicted octanol–water partition coefficient (Wildman–Crippen LogP) is 12.2. The van der Waals surface area contributed by atoms with Gasteiger partial charge in [-0.05, 0) is 59.0 Å². The molecule has 0 unspecified atom stereocenters. The molecule has 3 nitrogen and oxygen atoms in total. The van der Waals surface area contributed by atoms with Gasteiger partial charge in [0.1, 0.15) is 11.2 Å². The van der Waals surface area contributed by atoms with Gasteiger partial charge in [-0.2, -0.15) is 0 Å². The van der Waals surface area contributed by atoms with Gasteiger partial charge in [0.15, 0.2) is 0 Å². The molecule has 0 spiro atoms. The minimum atomic E-state index is 0.854. The van der Waals surface area contributed by atoms with Crippen LogP contribution in [-0.2, 0) is 0 Å². The van der Waals surface area contributed by atoms with Crippen molar-refractivity contribution in [1.29, 1.82) is 0 Å². The fourth-order valence-corrected chi connectivity index (χ4v) is 7.37. The highest BCUT2D eigenvalue weighted by Gasteiger charge is 2.21. The van der Waals surface area contributed by atoms with Crippen LogP contribution in [0.1, 0.15) is 0 Å². The van der Waals surface area contributed by atoms with E-state index in [2.05, 4.69) is 168 Å². The Kier molecular flexibility index (Phi) is 5.87. The summed E-state index contributed by atoms with van der Waals surface area (Å²) >= 11 is 0. The zero-order chi connectivity index (χ0) is 31.6. The van der Waals surface area contributed by atoms with Crippen LogP contribution in [0.15, 0.2) is 174 Å². The molecule has 0 N–H and O–H groups in total. The summed E-state index contributed by atoms with van der Waals surface area (Å²) in [6, 6.07) is 59.9. The molecule has 0 radical (unpaired) electrons. The number of hydrogen-bond donors (Lipinski definition) is 0. The van der Waals surface area contributed by atoms with E-state index in [-0.39, 0.29) is 0 Å². The lowest BCUT2D eigenvalue weighted by Crippen LogP contribution is -1.93. The predicted molar refractivity (Wildman–Crippen MR) is 200 cm³/mol. The van der Waals surface area contributed by atoms with Gasteiger partial charge in [-0.25, -0.2) is 4.98 Å². The molecule has 0 aliphatic carbocycles. The first-order valence-electron chi connectivity index (χ1n) is 16.3. The van der Waals surface area contributed by atoms with Crippen molar-refractivity contribution in [3.8, 4) is 39.3 Å². The molecule has 3 heteroatoms. The maximum absolute atomic E-state index is 7.03. The number of fused-ring (bicyclic) bond motifs is 8. The smallest absolute Gasteiger partial charge is 0.145 e. The van der Waals surface area contributed by atoms with Crippen LogP contribution >= 0.6 is 0 Å². The zero-order valence-electron chi connectivity index (χ0n) is 26.0. The Morgan fingerprint density at radius 3 is 1.90 bits per heavy atom. The molecule has 7 aromatic carbocycles. The van der Waals surface area contributed by atoms with Crippen LogP contribution in [0.25, 0.3) is 93.8 Å². The molecule has 0 aliphatic heterocycles. The van der Waals surface area contributed by atoms with Crippen LogP contribution in [0.2, 0.25) is 0 Å². The van der Waals surface area contributed by atoms with Crippen molar-refractivity contribution in [1.82, 2.24) is 9.55 Å². The lowest BCUT2D eigenvalue weighted by atomic mass is 9.99. The monoisotopic (exact) mass is 612 g/mol. The third-order valence-corrected chi connectivity index (χ3v) is 9.60. The van der Waals surface area contributed by atoms with E-state index in [0.717, 1.165) is 77.3 Å². The van der Waals surface area contributed by atoms with Crippen molar-refractivity contribution < 1.29 is 4.42 Å². The molecule has 10 aromatic rings. The van der Waals surface area contributed by atoms with Crippen LogP contribution < -0.4 is 0 Å². The molecular weight excluding hydrogens is 585 g/mol. The molecule has 0 atom stereocenters. The van der Waals surface area contributed by atoms with E-state index in [4.69, 9.17) is 9.40 Å². The molecule has 10 rings (SSSR count). The van der Waals surface area contributed by atoms with E-state index in [1.807, 2.05) is 6.07 Å². The van der Waals surface area contributed by atoms with E-state index in [1.165, 1.54) is 16.5 Å². The van der Waals surface area contributed by atoms with Crippen molar-refractivity contribution in [2.75, 3.05) is 0 Å². The van der Waals surface area contributed by atoms with Crippen molar-refractivity contribution in [2.24, 2.45) is 0 Å². The van der Waals surface area contributed by atoms with Crippen LogP contribution in [-0.4, -0.2) is 9.55 Å². The zero-order valence-corrected chi connectivity index (χ0v) is 26.0. The first kappa shape index (κ1) is 26.7.